The topological polar surface area (TPSA) is 3.24 Å². The molecular formula is C9H18FN. The van der Waals surface area contributed by atoms with Crippen molar-refractivity contribution in [3.8, 4) is 0 Å². The average molecular weight is 159 g/mol. The monoisotopic (exact) mass is 159 g/mol. The smallest absolute Gasteiger partial charge is 0.106 e. The predicted molar refractivity (Wildman–Crippen MR) is 45.3 cm³/mol. The van der Waals surface area contributed by atoms with Crippen LogP contribution in [0.5, 0.6) is 0 Å². The summed E-state index contributed by atoms with van der Waals surface area (Å²) in [5.41, 5.74) is 0. The van der Waals surface area contributed by atoms with Gasteiger partial charge in [0.1, 0.15) is 6.17 Å². The minimum absolute atomic E-state index is 0.258. The van der Waals surface area contributed by atoms with E-state index in [0.717, 1.165) is 19.5 Å². The van der Waals surface area contributed by atoms with Gasteiger partial charge in [-0.05, 0) is 19.4 Å². The molecule has 0 aromatic carbocycles. The summed E-state index contributed by atoms with van der Waals surface area (Å²) in [5.74, 6) is 0.737. The van der Waals surface area contributed by atoms with Crippen LogP contribution >= 0.6 is 0 Å². The Kier molecular flexibility index (Phi) is 2.88. The number of hydrogen-bond donors (Lipinski definition) is 0. The molecular weight excluding hydrogens is 141 g/mol. The van der Waals surface area contributed by atoms with Crippen LogP contribution < -0.4 is 0 Å². The van der Waals surface area contributed by atoms with E-state index < -0.39 is 6.17 Å². The molecule has 0 aromatic heterocycles. The molecule has 0 saturated carbocycles. The summed E-state index contributed by atoms with van der Waals surface area (Å²) in [6.07, 6.45) is 0.158. The predicted octanol–water partition coefficient (Wildman–Crippen LogP) is 1.93. The largest absolute Gasteiger partial charge is 0.306 e. The molecule has 0 radical (unpaired) electrons. The van der Waals surface area contributed by atoms with Crippen LogP contribution in [0.1, 0.15) is 20.3 Å². The van der Waals surface area contributed by atoms with E-state index in [9.17, 15) is 4.39 Å². The summed E-state index contributed by atoms with van der Waals surface area (Å²) in [6, 6.07) is 0. The summed E-state index contributed by atoms with van der Waals surface area (Å²) in [6.45, 7) is 6.07. The zero-order chi connectivity index (χ0) is 8.43. The van der Waals surface area contributed by atoms with Gasteiger partial charge in [0, 0.05) is 19.0 Å². The summed E-state index contributed by atoms with van der Waals surface area (Å²) in [4.78, 5) is 2.22. The molecule has 0 aliphatic carbocycles. The van der Waals surface area contributed by atoms with E-state index in [-0.39, 0.29) is 5.92 Å². The van der Waals surface area contributed by atoms with E-state index in [1.807, 2.05) is 0 Å². The molecule has 1 heterocycles. The Hall–Kier alpha value is -0.110. The molecule has 1 rings (SSSR count). The summed E-state index contributed by atoms with van der Waals surface area (Å²) < 4.78 is 13.2. The maximum atomic E-state index is 13.2. The maximum absolute atomic E-state index is 13.2. The second-order valence-corrected chi connectivity index (χ2v) is 3.97. The first-order valence-electron chi connectivity index (χ1n) is 4.44. The lowest BCUT2D eigenvalue weighted by molar-refractivity contribution is 0.0760. The highest BCUT2D eigenvalue weighted by molar-refractivity contribution is 4.80. The van der Waals surface area contributed by atoms with Crippen molar-refractivity contribution in [2.75, 3.05) is 20.1 Å². The zero-order valence-electron chi connectivity index (χ0n) is 7.68. The second-order valence-electron chi connectivity index (χ2n) is 3.97. The molecule has 0 N–H and O–H groups in total. The van der Waals surface area contributed by atoms with Gasteiger partial charge in [-0.3, -0.25) is 0 Å². The van der Waals surface area contributed by atoms with Gasteiger partial charge in [0.2, 0.25) is 0 Å². The molecule has 1 aliphatic rings. The molecule has 2 heteroatoms. The quantitative estimate of drug-likeness (QED) is 0.565. The van der Waals surface area contributed by atoms with Crippen molar-refractivity contribution in [3.05, 3.63) is 0 Å². The molecule has 0 aromatic rings. The first-order valence-corrected chi connectivity index (χ1v) is 4.44. The number of halogens is 1. The Morgan fingerprint density at radius 3 is 2.55 bits per heavy atom. The highest BCUT2D eigenvalue weighted by atomic mass is 19.1. The molecule has 2 unspecified atom stereocenters. The van der Waals surface area contributed by atoms with Crippen molar-refractivity contribution in [2.24, 2.45) is 11.8 Å². The lowest BCUT2D eigenvalue weighted by Crippen LogP contribution is -2.41. The molecule has 0 spiro atoms. The zero-order valence-corrected chi connectivity index (χ0v) is 7.68. The van der Waals surface area contributed by atoms with Gasteiger partial charge in [0.15, 0.2) is 0 Å². The van der Waals surface area contributed by atoms with Gasteiger partial charge in [-0.25, -0.2) is 4.39 Å². The van der Waals surface area contributed by atoms with Crippen LogP contribution in [-0.4, -0.2) is 31.2 Å². The third kappa shape index (κ3) is 2.16. The van der Waals surface area contributed by atoms with Crippen LogP contribution in [0.15, 0.2) is 0 Å². The lowest BCUT2D eigenvalue weighted by atomic mass is 9.86. The van der Waals surface area contributed by atoms with Crippen LogP contribution in [0, 0.1) is 11.8 Å². The third-order valence-corrected chi connectivity index (χ3v) is 2.63. The van der Waals surface area contributed by atoms with E-state index in [2.05, 4.69) is 25.8 Å². The minimum atomic E-state index is -0.564. The normalized spacial score (nSPS) is 34.6. The second kappa shape index (κ2) is 3.53. The van der Waals surface area contributed by atoms with E-state index in [4.69, 9.17) is 0 Å². The Morgan fingerprint density at radius 2 is 2.09 bits per heavy atom. The van der Waals surface area contributed by atoms with Gasteiger partial charge >= 0.3 is 0 Å². The maximum Gasteiger partial charge on any atom is 0.106 e. The van der Waals surface area contributed by atoms with Gasteiger partial charge in [0.05, 0.1) is 0 Å². The minimum Gasteiger partial charge on any atom is -0.306 e. The SMILES string of the molecule is CC(C)C1CN(C)CCC1F. The molecule has 66 valence electrons. The Bertz CT molecular complexity index is 125. The van der Waals surface area contributed by atoms with Crippen molar-refractivity contribution < 1.29 is 4.39 Å². The van der Waals surface area contributed by atoms with E-state index in [0.29, 0.717) is 5.92 Å². The van der Waals surface area contributed by atoms with E-state index >= 15 is 0 Å². The Labute approximate surface area is 68.6 Å². The summed E-state index contributed by atoms with van der Waals surface area (Å²) in [7, 11) is 2.07. The van der Waals surface area contributed by atoms with E-state index in [1.165, 1.54) is 0 Å². The fourth-order valence-corrected chi connectivity index (χ4v) is 1.75. The van der Waals surface area contributed by atoms with Gasteiger partial charge in [-0.2, -0.15) is 0 Å². The van der Waals surface area contributed by atoms with Gasteiger partial charge in [-0.15, -0.1) is 0 Å². The molecule has 1 aliphatic heterocycles. The van der Waals surface area contributed by atoms with Gasteiger partial charge in [0.25, 0.3) is 0 Å². The first-order chi connectivity index (χ1) is 5.11. The van der Waals surface area contributed by atoms with Crippen molar-refractivity contribution in [3.63, 3.8) is 0 Å². The molecule has 11 heavy (non-hydrogen) atoms. The van der Waals surface area contributed by atoms with Crippen LogP contribution in [-0.2, 0) is 0 Å². The Balaban J connectivity index is 2.47. The number of piperidine rings is 1. The summed E-state index contributed by atoms with van der Waals surface area (Å²) >= 11 is 0. The highest BCUT2D eigenvalue weighted by Gasteiger charge is 2.29. The van der Waals surface area contributed by atoms with Crippen LogP contribution in [0.4, 0.5) is 4.39 Å². The van der Waals surface area contributed by atoms with Crippen molar-refractivity contribution >= 4 is 0 Å². The molecule has 0 amide bonds. The highest BCUT2D eigenvalue weighted by Crippen LogP contribution is 2.25. The number of rotatable bonds is 1. The number of alkyl halides is 1. The average Bonchev–Trinajstić information content (AvgIpc) is 1.94. The van der Waals surface area contributed by atoms with Crippen LogP contribution in [0.3, 0.4) is 0 Å². The lowest BCUT2D eigenvalue weighted by Gasteiger charge is -2.34. The fraction of sp³-hybridized carbons (Fsp3) is 1.00. The van der Waals surface area contributed by atoms with Gasteiger partial charge < -0.3 is 4.90 Å². The third-order valence-electron chi connectivity index (χ3n) is 2.63. The number of likely N-dealkylation sites (tertiary alicyclic amines) is 1. The van der Waals surface area contributed by atoms with E-state index in [1.54, 1.807) is 0 Å². The fourth-order valence-electron chi connectivity index (χ4n) is 1.75. The number of nitrogens with zero attached hydrogens (tertiary/aromatic N) is 1. The molecule has 1 nitrogen and oxygen atoms in total. The van der Waals surface area contributed by atoms with Crippen LogP contribution in [0.25, 0.3) is 0 Å². The van der Waals surface area contributed by atoms with Gasteiger partial charge in [-0.1, -0.05) is 13.8 Å². The molecule has 0 bridgehead atoms. The van der Waals surface area contributed by atoms with Crippen LogP contribution in [0.2, 0.25) is 0 Å². The van der Waals surface area contributed by atoms with Crippen molar-refractivity contribution in [1.29, 1.82) is 0 Å². The van der Waals surface area contributed by atoms with Crippen molar-refractivity contribution in [2.45, 2.75) is 26.4 Å². The first kappa shape index (κ1) is 8.98. The molecule has 2 atom stereocenters. The summed E-state index contributed by atoms with van der Waals surface area (Å²) in [5, 5.41) is 0. The molecule has 1 fully saturated rings. The Morgan fingerprint density at radius 1 is 1.45 bits per heavy atom. The molecule has 1 saturated heterocycles. The van der Waals surface area contributed by atoms with Crippen molar-refractivity contribution in [1.82, 2.24) is 4.90 Å². The standard InChI is InChI=1S/C9H18FN/c1-7(2)8-6-11(3)5-4-9(8)10/h7-9H,4-6H2,1-3H3. The number of hydrogen-bond acceptors (Lipinski definition) is 1.